The lowest BCUT2D eigenvalue weighted by atomic mass is 10.0. The van der Waals surface area contributed by atoms with Crippen LogP contribution < -0.4 is 15.0 Å². The molecule has 4 rings (SSSR count). The van der Waals surface area contributed by atoms with E-state index in [0.717, 1.165) is 64.6 Å². The molecule has 1 aromatic heterocycles. The Kier molecular flexibility index (Phi) is 7.16. The van der Waals surface area contributed by atoms with Crippen molar-refractivity contribution in [3.63, 3.8) is 0 Å². The van der Waals surface area contributed by atoms with Gasteiger partial charge < -0.3 is 19.7 Å². The fourth-order valence-electron chi connectivity index (χ4n) is 4.00. The lowest BCUT2D eigenvalue weighted by Crippen LogP contribution is -2.48. The Morgan fingerprint density at radius 2 is 1.97 bits per heavy atom. The number of hydrogen-bond donors (Lipinski definition) is 1. The standard InChI is InChI=1S/C23H30N4O3/c28-23(25-19-6-5-11-27(18-19)22-9-3-4-10-24-22)20-7-1-2-8-21(20)30-17-14-26-12-15-29-16-13-26/h1-4,7-10,19H,5-6,11-18H2,(H,25,28)/t19-/m1/s1. The van der Waals surface area contributed by atoms with Crippen LogP contribution in [0.15, 0.2) is 48.7 Å². The first kappa shape index (κ1) is 20.6. The summed E-state index contributed by atoms with van der Waals surface area (Å²) in [6.07, 6.45) is 3.80. The quantitative estimate of drug-likeness (QED) is 0.755. The van der Waals surface area contributed by atoms with Gasteiger partial charge in [0.15, 0.2) is 0 Å². The second-order valence-electron chi connectivity index (χ2n) is 7.75. The maximum Gasteiger partial charge on any atom is 0.255 e. The van der Waals surface area contributed by atoms with Gasteiger partial charge in [0, 0.05) is 45.0 Å². The zero-order valence-electron chi connectivity index (χ0n) is 17.3. The molecule has 2 aliphatic rings. The lowest BCUT2D eigenvalue weighted by Gasteiger charge is -2.34. The smallest absolute Gasteiger partial charge is 0.255 e. The second-order valence-corrected chi connectivity index (χ2v) is 7.75. The van der Waals surface area contributed by atoms with Crippen molar-refractivity contribution in [1.82, 2.24) is 15.2 Å². The highest BCUT2D eigenvalue weighted by molar-refractivity contribution is 5.97. The molecule has 0 spiro atoms. The SMILES string of the molecule is O=C(N[C@@H]1CCCN(c2ccccn2)C1)c1ccccc1OCCN1CCOCC1. The van der Waals surface area contributed by atoms with Gasteiger partial charge in [0.1, 0.15) is 18.2 Å². The van der Waals surface area contributed by atoms with Crippen LogP contribution in [0.1, 0.15) is 23.2 Å². The maximum atomic E-state index is 13.0. The molecule has 0 radical (unpaired) electrons. The van der Waals surface area contributed by atoms with Gasteiger partial charge in [-0.2, -0.15) is 0 Å². The molecule has 0 saturated carbocycles. The van der Waals surface area contributed by atoms with Crippen molar-refractivity contribution in [2.45, 2.75) is 18.9 Å². The van der Waals surface area contributed by atoms with Crippen LogP contribution >= 0.6 is 0 Å². The summed E-state index contributed by atoms with van der Waals surface area (Å²) in [6.45, 7) is 6.53. The number of carbonyl (C=O) groups is 1. The number of benzene rings is 1. The van der Waals surface area contributed by atoms with Crippen LogP contribution in [0.5, 0.6) is 5.75 Å². The van der Waals surface area contributed by atoms with Crippen LogP contribution in [0.2, 0.25) is 0 Å². The molecule has 160 valence electrons. The minimum absolute atomic E-state index is 0.0788. The molecule has 2 aliphatic heterocycles. The van der Waals surface area contributed by atoms with E-state index >= 15 is 0 Å². The Morgan fingerprint density at radius 3 is 2.80 bits per heavy atom. The van der Waals surface area contributed by atoms with Crippen molar-refractivity contribution in [2.75, 3.05) is 57.4 Å². The number of aromatic nitrogens is 1. The van der Waals surface area contributed by atoms with Crippen LogP contribution in [-0.2, 0) is 4.74 Å². The van der Waals surface area contributed by atoms with E-state index in [1.165, 1.54) is 0 Å². The number of morpholine rings is 1. The Bertz CT molecular complexity index is 811. The summed E-state index contributed by atoms with van der Waals surface area (Å²) in [7, 11) is 0. The summed E-state index contributed by atoms with van der Waals surface area (Å²) in [5.74, 6) is 1.52. The number of carbonyl (C=O) groups excluding carboxylic acids is 1. The first-order valence-corrected chi connectivity index (χ1v) is 10.8. The fraction of sp³-hybridized carbons (Fsp3) is 0.478. The Balaban J connectivity index is 1.32. The van der Waals surface area contributed by atoms with Gasteiger partial charge >= 0.3 is 0 Å². The van der Waals surface area contributed by atoms with Gasteiger partial charge in [-0.1, -0.05) is 18.2 Å². The average molecular weight is 411 g/mol. The van der Waals surface area contributed by atoms with Crippen LogP contribution in [0, 0.1) is 0 Å². The Morgan fingerprint density at radius 1 is 1.13 bits per heavy atom. The normalized spacial score (nSPS) is 20.0. The molecule has 3 heterocycles. The molecule has 1 aromatic carbocycles. The van der Waals surface area contributed by atoms with Crippen molar-refractivity contribution in [3.05, 3.63) is 54.2 Å². The van der Waals surface area contributed by atoms with E-state index in [1.807, 2.05) is 48.7 Å². The van der Waals surface area contributed by atoms with Gasteiger partial charge in [-0.15, -0.1) is 0 Å². The molecule has 2 aromatic rings. The molecule has 2 fully saturated rings. The number of pyridine rings is 1. The Labute approximate surface area is 178 Å². The van der Waals surface area contributed by atoms with Gasteiger partial charge in [-0.3, -0.25) is 9.69 Å². The molecular formula is C23H30N4O3. The molecule has 1 N–H and O–H groups in total. The van der Waals surface area contributed by atoms with Gasteiger partial charge in [-0.25, -0.2) is 4.98 Å². The number of nitrogens with one attached hydrogen (secondary N) is 1. The van der Waals surface area contributed by atoms with Crippen molar-refractivity contribution in [1.29, 1.82) is 0 Å². The number of piperidine rings is 1. The third-order valence-electron chi connectivity index (χ3n) is 5.63. The zero-order chi connectivity index (χ0) is 20.6. The minimum atomic E-state index is -0.0788. The summed E-state index contributed by atoms with van der Waals surface area (Å²) in [5.41, 5.74) is 0.592. The predicted molar refractivity (Wildman–Crippen MR) is 116 cm³/mol. The van der Waals surface area contributed by atoms with E-state index < -0.39 is 0 Å². The van der Waals surface area contributed by atoms with Crippen LogP contribution in [-0.4, -0.2) is 74.4 Å². The molecule has 0 aliphatic carbocycles. The van der Waals surface area contributed by atoms with Gasteiger partial charge in [0.2, 0.25) is 0 Å². The summed E-state index contributed by atoms with van der Waals surface area (Å²) >= 11 is 0. The van der Waals surface area contributed by atoms with E-state index in [2.05, 4.69) is 20.1 Å². The number of amides is 1. The number of hydrogen-bond acceptors (Lipinski definition) is 6. The van der Waals surface area contributed by atoms with E-state index in [4.69, 9.17) is 9.47 Å². The third kappa shape index (κ3) is 5.49. The molecule has 1 amide bonds. The van der Waals surface area contributed by atoms with E-state index in [9.17, 15) is 4.79 Å². The molecule has 0 bridgehead atoms. The number of rotatable bonds is 7. The molecule has 7 nitrogen and oxygen atoms in total. The highest BCUT2D eigenvalue weighted by atomic mass is 16.5. The second kappa shape index (κ2) is 10.4. The first-order valence-electron chi connectivity index (χ1n) is 10.8. The predicted octanol–water partition coefficient (Wildman–Crippen LogP) is 2.19. The molecule has 1 atom stereocenters. The molecule has 0 unspecified atom stereocenters. The first-order chi connectivity index (χ1) is 14.8. The summed E-state index contributed by atoms with van der Waals surface area (Å²) < 4.78 is 11.4. The van der Waals surface area contributed by atoms with Crippen molar-refractivity contribution in [2.24, 2.45) is 0 Å². The summed E-state index contributed by atoms with van der Waals surface area (Å²) in [4.78, 5) is 22.0. The third-order valence-corrected chi connectivity index (χ3v) is 5.63. The van der Waals surface area contributed by atoms with E-state index in [1.54, 1.807) is 0 Å². The highest BCUT2D eigenvalue weighted by Gasteiger charge is 2.24. The van der Waals surface area contributed by atoms with Crippen LogP contribution in [0.4, 0.5) is 5.82 Å². The van der Waals surface area contributed by atoms with E-state index in [0.29, 0.717) is 17.9 Å². The number of ether oxygens (including phenoxy) is 2. The molecule has 30 heavy (non-hydrogen) atoms. The summed E-state index contributed by atoms with van der Waals surface area (Å²) in [6, 6.07) is 13.5. The van der Waals surface area contributed by atoms with Crippen molar-refractivity contribution >= 4 is 11.7 Å². The average Bonchev–Trinajstić information content (AvgIpc) is 2.81. The van der Waals surface area contributed by atoms with Crippen LogP contribution in [0.3, 0.4) is 0 Å². The van der Waals surface area contributed by atoms with Crippen molar-refractivity contribution < 1.29 is 14.3 Å². The topological polar surface area (TPSA) is 66.9 Å². The number of para-hydroxylation sites is 1. The monoisotopic (exact) mass is 410 g/mol. The number of anilines is 1. The zero-order valence-corrected chi connectivity index (χ0v) is 17.3. The molecule has 7 heteroatoms. The minimum Gasteiger partial charge on any atom is -0.491 e. The largest absolute Gasteiger partial charge is 0.491 e. The molecular weight excluding hydrogens is 380 g/mol. The van der Waals surface area contributed by atoms with Gasteiger partial charge in [-0.05, 0) is 37.1 Å². The lowest BCUT2D eigenvalue weighted by molar-refractivity contribution is 0.0322. The number of nitrogens with zero attached hydrogens (tertiary/aromatic N) is 3. The summed E-state index contributed by atoms with van der Waals surface area (Å²) in [5, 5.41) is 3.20. The highest BCUT2D eigenvalue weighted by Crippen LogP contribution is 2.21. The van der Waals surface area contributed by atoms with Gasteiger partial charge in [0.05, 0.1) is 18.8 Å². The van der Waals surface area contributed by atoms with Crippen LogP contribution in [0.25, 0.3) is 0 Å². The van der Waals surface area contributed by atoms with Crippen molar-refractivity contribution in [3.8, 4) is 5.75 Å². The molecule has 2 saturated heterocycles. The van der Waals surface area contributed by atoms with Gasteiger partial charge in [0.25, 0.3) is 5.91 Å². The van der Waals surface area contributed by atoms with E-state index in [-0.39, 0.29) is 11.9 Å². The fourth-order valence-corrected chi connectivity index (χ4v) is 4.00. The Hall–Kier alpha value is -2.64. The maximum absolute atomic E-state index is 13.0.